The van der Waals surface area contributed by atoms with Crippen LogP contribution in [-0.4, -0.2) is 0 Å². The Bertz CT molecular complexity index is 264. The molecule has 1 aromatic rings. The molecule has 0 spiro atoms. The standard InChI is InChI=1S/C10H11F3/c1-2-7-10(12,13)8-3-5-9(11)6-4-8/h3-6H,2,7H2,1H3. The molecule has 0 aliphatic heterocycles. The second-order valence-corrected chi connectivity index (χ2v) is 2.96. The van der Waals surface area contributed by atoms with Gasteiger partial charge in [0.2, 0.25) is 0 Å². The minimum absolute atomic E-state index is 0.115. The molecule has 0 fully saturated rings. The maximum absolute atomic E-state index is 13.2. The molecule has 0 saturated carbocycles. The van der Waals surface area contributed by atoms with Crippen molar-refractivity contribution in [2.45, 2.75) is 25.7 Å². The summed E-state index contributed by atoms with van der Waals surface area (Å²) in [6.07, 6.45) is 0.211. The van der Waals surface area contributed by atoms with Gasteiger partial charge in [0.1, 0.15) is 5.82 Å². The minimum atomic E-state index is -2.83. The van der Waals surface area contributed by atoms with Crippen LogP contribution >= 0.6 is 0 Å². The fourth-order valence-electron chi connectivity index (χ4n) is 1.15. The summed E-state index contributed by atoms with van der Waals surface area (Å²) in [7, 11) is 0. The Labute approximate surface area is 75.4 Å². The molecule has 1 rings (SSSR count). The first-order chi connectivity index (χ1) is 6.06. The van der Waals surface area contributed by atoms with Gasteiger partial charge in [-0.15, -0.1) is 0 Å². The fourth-order valence-corrected chi connectivity index (χ4v) is 1.15. The number of halogens is 3. The van der Waals surface area contributed by atoms with Crippen molar-refractivity contribution in [3.63, 3.8) is 0 Å². The van der Waals surface area contributed by atoms with Gasteiger partial charge in [-0.05, 0) is 12.1 Å². The smallest absolute Gasteiger partial charge is 0.207 e. The van der Waals surface area contributed by atoms with Crippen LogP contribution in [-0.2, 0) is 5.92 Å². The molecule has 0 radical (unpaired) electrons. The minimum Gasteiger partial charge on any atom is -0.207 e. The number of alkyl halides is 2. The lowest BCUT2D eigenvalue weighted by Gasteiger charge is -2.15. The number of rotatable bonds is 3. The SMILES string of the molecule is CCCC(F)(F)c1ccc(F)cc1. The van der Waals surface area contributed by atoms with Gasteiger partial charge in [-0.1, -0.05) is 25.5 Å². The molecule has 0 aromatic heterocycles. The van der Waals surface area contributed by atoms with Crippen LogP contribution in [0.15, 0.2) is 24.3 Å². The maximum Gasteiger partial charge on any atom is 0.273 e. The molecule has 1 aromatic carbocycles. The highest BCUT2D eigenvalue weighted by Crippen LogP contribution is 2.32. The van der Waals surface area contributed by atoms with Gasteiger partial charge in [0.15, 0.2) is 0 Å². The molecule has 0 nitrogen and oxygen atoms in total. The van der Waals surface area contributed by atoms with E-state index >= 15 is 0 Å². The second-order valence-electron chi connectivity index (χ2n) is 2.96. The number of hydrogen-bond acceptors (Lipinski definition) is 0. The Morgan fingerprint density at radius 1 is 1.15 bits per heavy atom. The first-order valence-corrected chi connectivity index (χ1v) is 4.20. The van der Waals surface area contributed by atoms with E-state index in [0.29, 0.717) is 6.42 Å². The highest BCUT2D eigenvalue weighted by Gasteiger charge is 2.29. The van der Waals surface area contributed by atoms with Crippen molar-refractivity contribution in [1.29, 1.82) is 0 Å². The first kappa shape index (κ1) is 10.1. The van der Waals surface area contributed by atoms with E-state index in [4.69, 9.17) is 0 Å². The molecular weight excluding hydrogens is 177 g/mol. The zero-order valence-corrected chi connectivity index (χ0v) is 7.36. The molecule has 0 saturated heterocycles. The van der Waals surface area contributed by atoms with Crippen LogP contribution in [0.3, 0.4) is 0 Å². The summed E-state index contributed by atoms with van der Waals surface area (Å²) in [6, 6.07) is 4.37. The Morgan fingerprint density at radius 2 is 1.69 bits per heavy atom. The largest absolute Gasteiger partial charge is 0.273 e. The summed E-state index contributed by atoms with van der Waals surface area (Å²) in [6.45, 7) is 1.69. The van der Waals surface area contributed by atoms with Gasteiger partial charge in [0.05, 0.1) is 0 Å². The Kier molecular flexibility index (Phi) is 2.96. The lowest BCUT2D eigenvalue weighted by molar-refractivity contribution is -0.0140. The van der Waals surface area contributed by atoms with Crippen LogP contribution in [0.5, 0.6) is 0 Å². The monoisotopic (exact) mass is 188 g/mol. The van der Waals surface area contributed by atoms with Crippen LogP contribution in [0.2, 0.25) is 0 Å². The average Bonchev–Trinajstić information content (AvgIpc) is 2.05. The van der Waals surface area contributed by atoms with Crippen molar-refractivity contribution >= 4 is 0 Å². The van der Waals surface area contributed by atoms with E-state index in [9.17, 15) is 13.2 Å². The zero-order valence-electron chi connectivity index (χ0n) is 7.36. The Hall–Kier alpha value is -0.990. The second kappa shape index (κ2) is 3.81. The van der Waals surface area contributed by atoms with Crippen molar-refractivity contribution in [3.05, 3.63) is 35.6 Å². The third kappa shape index (κ3) is 2.47. The number of hydrogen-bond donors (Lipinski definition) is 0. The van der Waals surface area contributed by atoms with Crippen LogP contribution < -0.4 is 0 Å². The third-order valence-electron chi connectivity index (χ3n) is 1.83. The van der Waals surface area contributed by atoms with Gasteiger partial charge in [0.25, 0.3) is 5.92 Å². The maximum atomic E-state index is 13.2. The predicted octanol–water partition coefficient (Wildman–Crippen LogP) is 3.72. The summed E-state index contributed by atoms with van der Waals surface area (Å²) < 4.78 is 38.7. The summed E-state index contributed by atoms with van der Waals surface area (Å²) in [5, 5.41) is 0. The molecule has 0 N–H and O–H groups in total. The summed E-state index contributed by atoms with van der Waals surface area (Å²) in [5.41, 5.74) is -0.115. The van der Waals surface area contributed by atoms with Crippen molar-refractivity contribution < 1.29 is 13.2 Å². The van der Waals surface area contributed by atoms with Crippen LogP contribution in [0.4, 0.5) is 13.2 Å². The highest BCUT2D eigenvalue weighted by atomic mass is 19.3. The van der Waals surface area contributed by atoms with E-state index in [0.717, 1.165) is 24.3 Å². The van der Waals surface area contributed by atoms with Crippen molar-refractivity contribution in [3.8, 4) is 0 Å². The molecule has 0 unspecified atom stereocenters. The van der Waals surface area contributed by atoms with Crippen molar-refractivity contribution in [2.75, 3.05) is 0 Å². The highest BCUT2D eigenvalue weighted by molar-refractivity contribution is 5.20. The van der Waals surface area contributed by atoms with E-state index in [1.54, 1.807) is 6.92 Å². The van der Waals surface area contributed by atoms with E-state index in [1.807, 2.05) is 0 Å². The first-order valence-electron chi connectivity index (χ1n) is 4.20. The molecule has 0 aliphatic rings. The molecule has 0 bridgehead atoms. The molecule has 0 aliphatic carbocycles. The van der Waals surface area contributed by atoms with Gasteiger partial charge < -0.3 is 0 Å². The number of benzene rings is 1. The van der Waals surface area contributed by atoms with Crippen LogP contribution in [0.25, 0.3) is 0 Å². The van der Waals surface area contributed by atoms with Gasteiger partial charge in [-0.25, -0.2) is 13.2 Å². The van der Waals surface area contributed by atoms with Crippen LogP contribution in [0.1, 0.15) is 25.3 Å². The average molecular weight is 188 g/mol. The van der Waals surface area contributed by atoms with Crippen molar-refractivity contribution in [2.24, 2.45) is 0 Å². The Balaban J connectivity index is 2.87. The molecule has 0 amide bonds. The predicted molar refractivity (Wildman–Crippen MR) is 45.2 cm³/mol. The zero-order chi connectivity index (χ0) is 9.90. The third-order valence-corrected chi connectivity index (χ3v) is 1.83. The normalized spacial score (nSPS) is 11.7. The molecule has 13 heavy (non-hydrogen) atoms. The van der Waals surface area contributed by atoms with E-state index in [2.05, 4.69) is 0 Å². The molecule has 0 atom stereocenters. The van der Waals surface area contributed by atoms with Gasteiger partial charge in [-0.2, -0.15) is 0 Å². The fraction of sp³-hybridized carbons (Fsp3) is 0.400. The molecule has 0 heterocycles. The van der Waals surface area contributed by atoms with Gasteiger partial charge >= 0.3 is 0 Å². The van der Waals surface area contributed by atoms with Gasteiger partial charge in [0, 0.05) is 12.0 Å². The van der Waals surface area contributed by atoms with E-state index in [1.165, 1.54) is 0 Å². The lowest BCUT2D eigenvalue weighted by atomic mass is 10.0. The molecular formula is C10H11F3. The summed E-state index contributed by atoms with van der Waals surface area (Å²) in [5.74, 6) is -3.32. The van der Waals surface area contributed by atoms with Crippen LogP contribution in [0, 0.1) is 5.82 Å². The van der Waals surface area contributed by atoms with E-state index < -0.39 is 11.7 Å². The molecule has 3 heteroatoms. The lowest BCUT2D eigenvalue weighted by Crippen LogP contribution is -2.12. The topological polar surface area (TPSA) is 0 Å². The van der Waals surface area contributed by atoms with E-state index in [-0.39, 0.29) is 12.0 Å². The van der Waals surface area contributed by atoms with Gasteiger partial charge in [-0.3, -0.25) is 0 Å². The molecule has 72 valence electrons. The summed E-state index contributed by atoms with van der Waals surface area (Å²) in [4.78, 5) is 0. The summed E-state index contributed by atoms with van der Waals surface area (Å²) >= 11 is 0. The Morgan fingerprint density at radius 3 is 2.15 bits per heavy atom. The van der Waals surface area contributed by atoms with Crippen molar-refractivity contribution in [1.82, 2.24) is 0 Å². The quantitative estimate of drug-likeness (QED) is 0.678.